The molecule has 132 valence electrons. The van der Waals surface area contributed by atoms with Crippen molar-refractivity contribution >= 4 is 6.03 Å². The summed E-state index contributed by atoms with van der Waals surface area (Å²) in [6.07, 6.45) is 13.3. The van der Waals surface area contributed by atoms with Gasteiger partial charge in [-0.05, 0) is 42.0 Å². The number of urea groups is 1. The van der Waals surface area contributed by atoms with Crippen molar-refractivity contribution in [3.63, 3.8) is 0 Å². The van der Waals surface area contributed by atoms with Gasteiger partial charge in [-0.25, -0.2) is 14.5 Å². The van der Waals surface area contributed by atoms with Crippen LogP contribution in [0.15, 0.2) is 36.8 Å². The molecule has 0 saturated heterocycles. The van der Waals surface area contributed by atoms with Gasteiger partial charge in [0.25, 0.3) is 0 Å². The zero-order chi connectivity index (χ0) is 17.1. The summed E-state index contributed by atoms with van der Waals surface area (Å²) in [6.45, 7) is 0.490. The van der Waals surface area contributed by atoms with Crippen LogP contribution < -0.4 is 10.6 Å². The number of nitrogens with zero attached hydrogens (tertiary/aromatic N) is 3. The Kier molecular flexibility index (Phi) is 4.68. The Hall–Kier alpha value is -2.37. The van der Waals surface area contributed by atoms with Gasteiger partial charge in [0.1, 0.15) is 0 Å². The Labute approximate surface area is 148 Å². The number of aromatic nitrogens is 3. The summed E-state index contributed by atoms with van der Waals surface area (Å²) >= 11 is 0. The van der Waals surface area contributed by atoms with E-state index in [1.54, 1.807) is 17.1 Å². The van der Waals surface area contributed by atoms with E-state index in [1.807, 2.05) is 24.4 Å². The normalized spacial score (nSPS) is 23.2. The summed E-state index contributed by atoms with van der Waals surface area (Å²) in [4.78, 5) is 16.5. The lowest BCUT2D eigenvalue weighted by Crippen LogP contribution is -2.37. The Morgan fingerprint density at radius 2 is 2.12 bits per heavy atom. The average Bonchev–Trinajstić information content (AvgIpc) is 3.19. The van der Waals surface area contributed by atoms with Crippen molar-refractivity contribution in [2.75, 3.05) is 0 Å². The van der Waals surface area contributed by atoms with E-state index < -0.39 is 0 Å². The highest BCUT2D eigenvalue weighted by Crippen LogP contribution is 2.44. The van der Waals surface area contributed by atoms with Crippen LogP contribution in [0.5, 0.6) is 0 Å². The van der Waals surface area contributed by atoms with E-state index in [1.165, 1.54) is 32.1 Å². The van der Waals surface area contributed by atoms with Gasteiger partial charge in [-0.1, -0.05) is 32.1 Å². The fraction of sp³-hybridized carbons (Fsp3) is 0.526. The Morgan fingerprint density at radius 1 is 1.24 bits per heavy atom. The molecular weight excluding hydrogens is 314 g/mol. The predicted octanol–water partition coefficient (Wildman–Crippen LogP) is 3.04. The van der Waals surface area contributed by atoms with Crippen LogP contribution in [0, 0.1) is 11.8 Å². The maximum absolute atomic E-state index is 12.2. The first kappa shape index (κ1) is 16.1. The minimum atomic E-state index is -0.0687. The second kappa shape index (κ2) is 7.25. The van der Waals surface area contributed by atoms with E-state index in [2.05, 4.69) is 20.7 Å². The summed E-state index contributed by atoms with van der Waals surface area (Å²) in [7, 11) is 0. The average molecular weight is 339 g/mol. The van der Waals surface area contributed by atoms with Gasteiger partial charge in [-0.15, -0.1) is 0 Å². The number of rotatable bonds is 5. The minimum Gasteiger partial charge on any atom is -0.335 e. The number of nitrogens with one attached hydrogen (secondary N) is 2. The maximum Gasteiger partial charge on any atom is 0.315 e. The van der Waals surface area contributed by atoms with E-state index >= 15 is 0 Å². The molecule has 2 heterocycles. The van der Waals surface area contributed by atoms with E-state index in [-0.39, 0.29) is 6.03 Å². The number of carbonyl (C=O) groups is 1. The molecule has 0 bridgehead atoms. The number of amides is 2. The molecule has 4 rings (SSSR count). The van der Waals surface area contributed by atoms with Gasteiger partial charge in [0, 0.05) is 31.2 Å². The summed E-state index contributed by atoms with van der Waals surface area (Å²) in [5, 5.41) is 10.3. The van der Waals surface area contributed by atoms with Crippen LogP contribution >= 0.6 is 0 Å². The predicted molar refractivity (Wildman–Crippen MR) is 95.2 cm³/mol. The standard InChI is InChI=1S/C19H25N5O/c25-19(23-17-12-16(17)15-5-2-1-3-6-15)21-13-14-7-9-20-18(11-14)24-10-4-8-22-24/h4,7-11,15-17H,1-3,5-6,12-13H2,(H2,21,23,25). The first-order valence-electron chi connectivity index (χ1n) is 9.29. The third-order valence-electron chi connectivity index (χ3n) is 5.41. The number of hydrogen-bond acceptors (Lipinski definition) is 3. The van der Waals surface area contributed by atoms with Gasteiger partial charge in [-0.3, -0.25) is 0 Å². The topological polar surface area (TPSA) is 71.8 Å². The molecule has 0 aliphatic heterocycles. The maximum atomic E-state index is 12.2. The highest BCUT2D eigenvalue weighted by atomic mass is 16.2. The summed E-state index contributed by atoms with van der Waals surface area (Å²) < 4.78 is 1.71. The van der Waals surface area contributed by atoms with Gasteiger partial charge in [0.15, 0.2) is 5.82 Å². The SMILES string of the molecule is O=C(NCc1ccnc(-n2cccn2)c1)NC1CC1C1CCCCC1. The molecule has 0 spiro atoms. The second-order valence-electron chi connectivity index (χ2n) is 7.20. The summed E-state index contributed by atoms with van der Waals surface area (Å²) in [6, 6.07) is 6.02. The molecule has 2 aromatic heterocycles. The van der Waals surface area contributed by atoms with Gasteiger partial charge in [0.2, 0.25) is 0 Å². The first-order chi connectivity index (χ1) is 12.3. The van der Waals surface area contributed by atoms with Crippen LogP contribution in [0.4, 0.5) is 4.79 Å². The molecule has 2 amide bonds. The van der Waals surface area contributed by atoms with Crippen molar-refractivity contribution in [2.45, 2.75) is 51.1 Å². The van der Waals surface area contributed by atoms with Gasteiger partial charge < -0.3 is 10.6 Å². The lowest BCUT2D eigenvalue weighted by Gasteiger charge is -2.21. The number of hydrogen-bond donors (Lipinski definition) is 2. The summed E-state index contributed by atoms with van der Waals surface area (Å²) in [5.41, 5.74) is 1.01. The third kappa shape index (κ3) is 4.00. The zero-order valence-electron chi connectivity index (χ0n) is 14.4. The molecule has 2 atom stereocenters. The van der Waals surface area contributed by atoms with Gasteiger partial charge in [-0.2, -0.15) is 5.10 Å². The lowest BCUT2D eigenvalue weighted by atomic mass is 9.85. The van der Waals surface area contributed by atoms with Crippen molar-refractivity contribution in [1.29, 1.82) is 0 Å². The van der Waals surface area contributed by atoms with Crippen LogP contribution in [0.3, 0.4) is 0 Å². The van der Waals surface area contributed by atoms with Crippen molar-refractivity contribution < 1.29 is 4.79 Å². The minimum absolute atomic E-state index is 0.0687. The van der Waals surface area contributed by atoms with E-state index in [0.717, 1.165) is 23.7 Å². The zero-order valence-corrected chi connectivity index (χ0v) is 14.4. The molecule has 2 aromatic rings. The molecule has 0 aromatic carbocycles. The Balaban J connectivity index is 1.25. The number of pyridine rings is 1. The second-order valence-corrected chi connectivity index (χ2v) is 7.20. The lowest BCUT2D eigenvalue weighted by molar-refractivity contribution is 0.237. The van der Waals surface area contributed by atoms with Crippen molar-refractivity contribution in [2.24, 2.45) is 11.8 Å². The van der Waals surface area contributed by atoms with E-state index in [9.17, 15) is 4.79 Å². The molecule has 6 heteroatoms. The molecular formula is C19H25N5O. The summed E-state index contributed by atoms with van der Waals surface area (Å²) in [5.74, 6) is 2.29. The molecule has 2 saturated carbocycles. The fourth-order valence-electron chi connectivity index (χ4n) is 3.97. The number of carbonyl (C=O) groups excluding carboxylic acids is 1. The third-order valence-corrected chi connectivity index (χ3v) is 5.41. The molecule has 2 unspecified atom stereocenters. The first-order valence-corrected chi connectivity index (χ1v) is 9.29. The van der Waals surface area contributed by atoms with Crippen LogP contribution in [0.1, 0.15) is 44.1 Å². The Morgan fingerprint density at radius 3 is 2.92 bits per heavy atom. The molecule has 2 aliphatic rings. The highest BCUT2D eigenvalue weighted by molar-refractivity contribution is 5.74. The molecule has 6 nitrogen and oxygen atoms in total. The molecule has 0 radical (unpaired) electrons. The van der Waals surface area contributed by atoms with Crippen LogP contribution in [0.2, 0.25) is 0 Å². The fourth-order valence-corrected chi connectivity index (χ4v) is 3.97. The highest BCUT2D eigenvalue weighted by Gasteiger charge is 2.43. The van der Waals surface area contributed by atoms with Crippen molar-refractivity contribution in [3.05, 3.63) is 42.4 Å². The molecule has 2 N–H and O–H groups in total. The largest absolute Gasteiger partial charge is 0.335 e. The van der Waals surface area contributed by atoms with E-state index in [4.69, 9.17) is 0 Å². The van der Waals surface area contributed by atoms with Crippen molar-refractivity contribution in [1.82, 2.24) is 25.4 Å². The monoisotopic (exact) mass is 339 g/mol. The van der Waals surface area contributed by atoms with Gasteiger partial charge in [0.05, 0.1) is 0 Å². The molecule has 25 heavy (non-hydrogen) atoms. The van der Waals surface area contributed by atoms with Crippen molar-refractivity contribution in [3.8, 4) is 5.82 Å². The van der Waals surface area contributed by atoms with Crippen LogP contribution in [0.25, 0.3) is 5.82 Å². The molecule has 2 aliphatic carbocycles. The molecule has 2 fully saturated rings. The van der Waals surface area contributed by atoms with Gasteiger partial charge >= 0.3 is 6.03 Å². The van der Waals surface area contributed by atoms with Crippen LogP contribution in [-0.2, 0) is 6.54 Å². The quantitative estimate of drug-likeness (QED) is 0.879. The smallest absolute Gasteiger partial charge is 0.315 e. The van der Waals surface area contributed by atoms with Crippen LogP contribution in [-0.4, -0.2) is 26.8 Å². The van der Waals surface area contributed by atoms with E-state index in [0.29, 0.717) is 18.5 Å². The Bertz CT molecular complexity index is 708.